The average Bonchev–Trinajstić information content (AvgIpc) is 2.57. The summed E-state index contributed by atoms with van der Waals surface area (Å²) in [5.41, 5.74) is 0.326. The summed E-state index contributed by atoms with van der Waals surface area (Å²) in [5, 5.41) is 10.5. The van der Waals surface area contributed by atoms with Crippen molar-refractivity contribution < 1.29 is 18.3 Å². The summed E-state index contributed by atoms with van der Waals surface area (Å²) >= 11 is 0. The van der Waals surface area contributed by atoms with E-state index >= 15 is 0 Å². The third-order valence-electron chi connectivity index (χ3n) is 6.00. The largest absolute Gasteiger partial charge is 0.389 e. The van der Waals surface area contributed by atoms with Gasteiger partial charge in [0.2, 0.25) is 0 Å². The Morgan fingerprint density at radius 2 is 1.77 bits per heavy atom. The monoisotopic (exact) mass is 380 g/mol. The molecule has 0 bridgehead atoms. The number of aliphatic hydroxyl groups is 1. The van der Waals surface area contributed by atoms with Crippen LogP contribution in [0.5, 0.6) is 0 Å². The Kier molecular flexibility index (Phi) is 4.82. The standard InChI is InChI=1S/C19H28N2O4S/c1-18(2)14-21(8-7-19(18,3)23)17(22)15-5-4-6-16(13-15)20-9-11-26(24,25)12-10-20/h4-6,13,23H,7-12,14H2,1-3H3/t19-/m1/s1. The molecule has 1 N–H and O–H groups in total. The number of hydrogen-bond donors (Lipinski definition) is 1. The van der Waals surface area contributed by atoms with E-state index in [1.165, 1.54) is 0 Å². The lowest BCUT2D eigenvalue weighted by molar-refractivity contribution is -0.0971. The molecule has 1 atom stereocenters. The van der Waals surface area contributed by atoms with E-state index < -0.39 is 15.4 Å². The molecule has 1 amide bonds. The third kappa shape index (κ3) is 3.74. The highest BCUT2D eigenvalue weighted by Crippen LogP contribution is 2.38. The molecule has 2 heterocycles. The first kappa shape index (κ1) is 19.2. The molecule has 0 radical (unpaired) electrons. The smallest absolute Gasteiger partial charge is 0.253 e. The lowest BCUT2D eigenvalue weighted by atomic mass is 9.71. The van der Waals surface area contributed by atoms with Gasteiger partial charge in [0.1, 0.15) is 0 Å². The summed E-state index contributed by atoms with van der Waals surface area (Å²) in [7, 11) is -2.93. The lowest BCUT2D eigenvalue weighted by Crippen LogP contribution is -2.57. The number of rotatable bonds is 2. The van der Waals surface area contributed by atoms with Gasteiger partial charge >= 0.3 is 0 Å². The van der Waals surface area contributed by atoms with E-state index in [-0.39, 0.29) is 22.8 Å². The van der Waals surface area contributed by atoms with Crippen LogP contribution in [0.2, 0.25) is 0 Å². The first-order chi connectivity index (χ1) is 12.0. The van der Waals surface area contributed by atoms with Crippen LogP contribution >= 0.6 is 0 Å². The SMILES string of the molecule is CC1(C)CN(C(=O)c2cccc(N3CCS(=O)(=O)CC3)c2)CC[C@@]1(C)O. The van der Waals surface area contributed by atoms with Gasteiger partial charge in [0.05, 0.1) is 17.1 Å². The van der Waals surface area contributed by atoms with Crippen LogP contribution < -0.4 is 4.90 Å². The van der Waals surface area contributed by atoms with Crippen LogP contribution in [0.3, 0.4) is 0 Å². The Hall–Kier alpha value is -1.60. The molecule has 144 valence electrons. The summed E-state index contributed by atoms with van der Waals surface area (Å²) in [6.07, 6.45) is 0.551. The van der Waals surface area contributed by atoms with Crippen molar-refractivity contribution in [2.24, 2.45) is 5.41 Å². The van der Waals surface area contributed by atoms with E-state index in [0.717, 1.165) is 5.69 Å². The molecule has 7 heteroatoms. The molecular weight excluding hydrogens is 352 g/mol. The molecule has 0 unspecified atom stereocenters. The number of carbonyl (C=O) groups is 1. The van der Waals surface area contributed by atoms with Gasteiger partial charge in [-0.25, -0.2) is 8.42 Å². The molecule has 1 aromatic carbocycles. The molecule has 1 aromatic rings. The zero-order valence-corrected chi connectivity index (χ0v) is 16.6. The van der Waals surface area contributed by atoms with Gasteiger partial charge in [0.15, 0.2) is 9.84 Å². The van der Waals surface area contributed by atoms with E-state index in [4.69, 9.17) is 0 Å². The van der Waals surface area contributed by atoms with Gasteiger partial charge in [-0.15, -0.1) is 0 Å². The summed E-state index contributed by atoms with van der Waals surface area (Å²) in [6, 6.07) is 7.41. The van der Waals surface area contributed by atoms with Crippen LogP contribution in [0.15, 0.2) is 24.3 Å². The number of likely N-dealkylation sites (tertiary alicyclic amines) is 1. The highest BCUT2D eigenvalue weighted by molar-refractivity contribution is 7.91. The maximum Gasteiger partial charge on any atom is 0.253 e. The van der Waals surface area contributed by atoms with Gasteiger partial charge in [-0.05, 0) is 31.5 Å². The number of piperidine rings is 1. The minimum Gasteiger partial charge on any atom is -0.389 e. The highest BCUT2D eigenvalue weighted by Gasteiger charge is 2.45. The van der Waals surface area contributed by atoms with E-state index in [0.29, 0.717) is 38.2 Å². The number of amides is 1. The summed E-state index contributed by atoms with van der Waals surface area (Å²) < 4.78 is 23.2. The topological polar surface area (TPSA) is 77.9 Å². The van der Waals surface area contributed by atoms with Crippen molar-refractivity contribution in [3.05, 3.63) is 29.8 Å². The van der Waals surface area contributed by atoms with Gasteiger partial charge in [-0.3, -0.25) is 4.79 Å². The van der Waals surface area contributed by atoms with E-state index in [9.17, 15) is 18.3 Å². The fraction of sp³-hybridized carbons (Fsp3) is 0.632. The first-order valence-electron chi connectivity index (χ1n) is 9.08. The van der Waals surface area contributed by atoms with Gasteiger partial charge in [0, 0.05) is 42.8 Å². The quantitative estimate of drug-likeness (QED) is 0.842. The molecule has 2 saturated heterocycles. The Labute approximate surface area is 155 Å². The van der Waals surface area contributed by atoms with Crippen LogP contribution in [0.1, 0.15) is 37.6 Å². The average molecular weight is 381 g/mol. The molecule has 2 fully saturated rings. The molecule has 2 aliphatic rings. The minimum absolute atomic E-state index is 0.0416. The number of sulfone groups is 1. The van der Waals surface area contributed by atoms with E-state index in [1.54, 1.807) is 11.0 Å². The number of nitrogens with zero attached hydrogens (tertiary/aromatic N) is 2. The van der Waals surface area contributed by atoms with Crippen LogP contribution in [-0.4, -0.2) is 67.6 Å². The van der Waals surface area contributed by atoms with Crippen molar-refractivity contribution >= 4 is 21.4 Å². The van der Waals surface area contributed by atoms with Crippen LogP contribution in [0.4, 0.5) is 5.69 Å². The van der Waals surface area contributed by atoms with Crippen molar-refractivity contribution in [1.29, 1.82) is 0 Å². The summed E-state index contributed by atoms with van der Waals surface area (Å²) in [6.45, 7) is 7.75. The predicted molar refractivity (Wildman–Crippen MR) is 102 cm³/mol. The summed E-state index contributed by atoms with van der Waals surface area (Å²) in [4.78, 5) is 16.8. The van der Waals surface area contributed by atoms with Gasteiger partial charge in [0.25, 0.3) is 5.91 Å². The fourth-order valence-corrected chi connectivity index (χ4v) is 4.78. The van der Waals surface area contributed by atoms with Crippen LogP contribution in [0.25, 0.3) is 0 Å². The molecule has 2 aliphatic heterocycles. The van der Waals surface area contributed by atoms with E-state index in [1.807, 2.05) is 43.9 Å². The van der Waals surface area contributed by atoms with Crippen molar-refractivity contribution in [2.75, 3.05) is 42.6 Å². The molecular formula is C19H28N2O4S. The Morgan fingerprint density at radius 3 is 2.38 bits per heavy atom. The predicted octanol–water partition coefficient (Wildman–Crippen LogP) is 1.54. The van der Waals surface area contributed by atoms with Crippen molar-refractivity contribution in [3.63, 3.8) is 0 Å². The zero-order chi connectivity index (χ0) is 19.2. The van der Waals surface area contributed by atoms with Gasteiger partial charge in [-0.2, -0.15) is 0 Å². The van der Waals surface area contributed by atoms with Gasteiger partial charge < -0.3 is 14.9 Å². The molecule has 0 saturated carbocycles. The molecule has 0 spiro atoms. The fourth-order valence-electron chi connectivity index (χ4n) is 3.58. The number of hydrogen-bond acceptors (Lipinski definition) is 5. The van der Waals surface area contributed by atoms with E-state index in [2.05, 4.69) is 0 Å². The number of anilines is 1. The van der Waals surface area contributed by atoms with Crippen LogP contribution in [-0.2, 0) is 9.84 Å². The lowest BCUT2D eigenvalue weighted by Gasteiger charge is -2.48. The normalized spacial score (nSPS) is 28.0. The Bertz CT molecular complexity index is 788. The number of benzene rings is 1. The maximum atomic E-state index is 13.0. The second kappa shape index (κ2) is 6.53. The second-order valence-electron chi connectivity index (χ2n) is 8.32. The third-order valence-corrected chi connectivity index (χ3v) is 7.61. The molecule has 0 aliphatic carbocycles. The van der Waals surface area contributed by atoms with Crippen molar-refractivity contribution in [1.82, 2.24) is 4.90 Å². The molecule has 0 aromatic heterocycles. The molecule has 26 heavy (non-hydrogen) atoms. The number of carbonyl (C=O) groups excluding carboxylic acids is 1. The first-order valence-corrected chi connectivity index (χ1v) is 10.9. The Morgan fingerprint density at radius 1 is 1.12 bits per heavy atom. The molecule has 3 rings (SSSR count). The molecule has 6 nitrogen and oxygen atoms in total. The zero-order valence-electron chi connectivity index (χ0n) is 15.7. The van der Waals surface area contributed by atoms with Crippen molar-refractivity contribution in [3.8, 4) is 0 Å². The second-order valence-corrected chi connectivity index (χ2v) is 10.6. The minimum atomic E-state index is -2.93. The Balaban J connectivity index is 1.75. The maximum absolute atomic E-state index is 13.0. The van der Waals surface area contributed by atoms with Crippen LogP contribution in [0, 0.1) is 5.41 Å². The summed E-state index contributed by atoms with van der Waals surface area (Å²) in [5.74, 6) is 0.265. The van der Waals surface area contributed by atoms with Gasteiger partial charge in [-0.1, -0.05) is 19.9 Å². The highest BCUT2D eigenvalue weighted by atomic mass is 32.2. The van der Waals surface area contributed by atoms with Crippen molar-refractivity contribution in [2.45, 2.75) is 32.8 Å².